The van der Waals surface area contributed by atoms with E-state index in [0.717, 1.165) is 29.4 Å². The minimum atomic E-state index is 0.625. The lowest BCUT2D eigenvalue weighted by atomic mass is 10.2. The molecule has 3 N–H and O–H groups in total. The van der Waals surface area contributed by atoms with Gasteiger partial charge in [-0.25, -0.2) is 9.97 Å². The standard InChI is InChI=1S/C15H20N4O/c1-3-6-20-15-8-12(16)7-14(9-15)18-10-13-4-5-17-11(2)19-13/h4-5,7-9,18H,3,6,10,16H2,1-2H3. The number of nitrogens with two attached hydrogens (primary N) is 1. The van der Waals surface area contributed by atoms with Crippen LogP contribution in [0.5, 0.6) is 5.75 Å². The molecular weight excluding hydrogens is 252 g/mol. The summed E-state index contributed by atoms with van der Waals surface area (Å²) in [7, 11) is 0. The van der Waals surface area contributed by atoms with Crippen molar-refractivity contribution in [1.29, 1.82) is 0 Å². The summed E-state index contributed by atoms with van der Waals surface area (Å²) in [5, 5.41) is 3.30. The van der Waals surface area contributed by atoms with Gasteiger partial charge in [0.2, 0.25) is 0 Å². The fraction of sp³-hybridized carbons (Fsp3) is 0.333. The Bertz CT molecular complexity index is 572. The molecule has 0 amide bonds. The second-order valence-electron chi connectivity index (χ2n) is 4.59. The van der Waals surface area contributed by atoms with E-state index in [2.05, 4.69) is 22.2 Å². The Morgan fingerprint density at radius 3 is 2.90 bits per heavy atom. The molecule has 0 spiro atoms. The number of aromatic nitrogens is 2. The number of nitrogens with zero attached hydrogens (tertiary/aromatic N) is 2. The van der Waals surface area contributed by atoms with E-state index in [-0.39, 0.29) is 0 Å². The average Bonchev–Trinajstić information content (AvgIpc) is 2.42. The Hall–Kier alpha value is -2.30. The van der Waals surface area contributed by atoms with Gasteiger partial charge < -0.3 is 15.8 Å². The van der Waals surface area contributed by atoms with Crippen LogP contribution in [0.4, 0.5) is 11.4 Å². The van der Waals surface area contributed by atoms with Gasteiger partial charge in [0.15, 0.2) is 0 Å². The van der Waals surface area contributed by atoms with Gasteiger partial charge in [-0.3, -0.25) is 0 Å². The van der Waals surface area contributed by atoms with Crippen LogP contribution in [-0.2, 0) is 6.54 Å². The molecule has 0 aliphatic rings. The van der Waals surface area contributed by atoms with E-state index in [0.29, 0.717) is 18.8 Å². The summed E-state index contributed by atoms with van der Waals surface area (Å²) < 4.78 is 5.60. The maximum Gasteiger partial charge on any atom is 0.125 e. The lowest BCUT2D eigenvalue weighted by Gasteiger charge is -2.11. The Morgan fingerprint density at radius 2 is 2.15 bits per heavy atom. The van der Waals surface area contributed by atoms with Crippen LogP contribution in [0, 0.1) is 6.92 Å². The van der Waals surface area contributed by atoms with Gasteiger partial charge in [-0.15, -0.1) is 0 Å². The summed E-state index contributed by atoms with van der Waals surface area (Å²) in [5.74, 6) is 1.55. The zero-order valence-corrected chi connectivity index (χ0v) is 11.9. The van der Waals surface area contributed by atoms with Gasteiger partial charge in [-0.05, 0) is 25.5 Å². The molecule has 1 heterocycles. The summed E-state index contributed by atoms with van der Waals surface area (Å²) in [6, 6.07) is 7.55. The Morgan fingerprint density at radius 1 is 1.30 bits per heavy atom. The van der Waals surface area contributed by atoms with Crippen LogP contribution >= 0.6 is 0 Å². The first-order valence-electron chi connectivity index (χ1n) is 6.73. The lowest BCUT2D eigenvalue weighted by Crippen LogP contribution is -2.04. The van der Waals surface area contributed by atoms with Crippen LogP contribution in [-0.4, -0.2) is 16.6 Å². The van der Waals surface area contributed by atoms with Crippen LogP contribution in [0.25, 0.3) is 0 Å². The van der Waals surface area contributed by atoms with Crippen molar-refractivity contribution in [1.82, 2.24) is 9.97 Å². The maximum absolute atomic E-state index is 5.88. The molecule has 1 aromatic carbocycles. The number of ether oxygens (including phenoxy) is 1. The van der Waals surface area contributed by atoms with Crippen molar-refractivity contribution < 1.29 is 4.74 Å². The molecule has 0 saturated heterocycles. The molecule has 0 radical (unpaired) electrons. The number of aryl methyl sites for hydroxylation is 1. The second-order valence-corrected chi connectivity index (χ2v) is 4.59. The molecule has 0 aliphatic carbocycles. The highest BCUT2D eigenvalue weighted by Gasteiger charge is 2.01. The smallest absolute Gasteiger partial charge is 0.125 e. The van der Waals surface area contributed by atoms with Gasteiger partial charge in [0.25, 0.3) is 0 Å². The zero-order chi connectivity index (χ0) is 14.4. The fourth-order valence-corrected chi connectivity index (χ4v) is 1.82. The Labute approximate surface area is 119 Å². The number of nitrogens with one attached hydrogen (secondary N) is 1. The SMILES string of the molecule is CCCOc1cc(N)cc(NCc2ccnc(C)n2)c1. The van der Waals surface area contributed by atoms with Crippen LogP contribution in [0.1, 0.15) is 24.9 Å². The van der Waals surface area contributed by atoms with Crippen molar-refractivity contribution in [2.24, 2.45) is 0 Å². The summed E-state index contributed by atoms with van der Waals surface area (Å²) in [6.45, 7) is 5.26. The highest BCUT2D eigenvalue weighted by molar-refractivity contribution is 5.59. The molecule has 0 atom stereocenters. The average molecular weight is 272 g/mol. The third kappa shape index (κ3) is 4.12. The van der Waals surface area contributed by atoms with Crippen molar-refractivity contribution in [3.63, 3.8) is 0 Å². The third-order valence-electron chi connectivity index (χ3n) is 2.71. The van der Waals surface area contributed by atoms with Gasteiger partial charge >= 0.3 is 0 Å². The van der Waals surface area contributed by atoms with Crippen LogP contribution < -0.4 is 15.8 Å². The number of benzene rings is 1. The summed E-state index contributed by atoms with van der Waals surface area (Å²) in [5.41, 5.74) is 8.42. The minimum Gasteiger partial charge on any atom is -0.493 e. The number of anilines is 2. The molecule has 5 nitrogen and oxygen atoms in total. The monoisotopic (exact) mass is 272 g/mol. The van der Waals surface area contributed by atoms with E-state index in [1.807, 2.05) is 31.2 Å². The van der Waals surface area contributed by atoms with Gasteiger partial charge in [-0.2, -0.15) is 0 Å². The van der Waals surface area contributed by atoms with Crippen molar-refractivity contribution in [2.75, 3.05) is 17.7 Å². The van der Waals surface area contributed by atoms with E-state index < -0.39 is 0 Å². The van der Waals surface area contributed by atoms with E-state index in [4.69, 9.17) is 10.5 Å². The molecule has 0 bridgehead atoms. The number of nitrogen functional groups attached to an aromatic ring is 1. The largest absolute Gasteiger partial charge is 0.493 e. The third-order valence-corrected chi connectivity index (χ3v) is 2.71. The minimum absolute atomic E-state index is 0.625. The van der Waals surface area contributed by atoms with Crippen molar-refractivity contribution >= 4 is 11.4 Å². The van der Waals surface area contributed by atoms with Gasteiger partial charge in [0, 0.05) is 29.7 Å². The van der Waals surface area contributed by atoms with E-state index in [1.165, 1.54) is 0 Å². The van der Waals surface area contributed by atoms with Crippen molar-refractivity contribution in [2.45, 2.75) is 26.8 Å². The van der Waals surface area contributed by atoms with E-state index in [9.17, 15) is 0 Å². The maximum atomic E-state index is 5.88. The Balaban J connectivity index is 2.03. The zero-order valence-electron chi connectivity index (χ0n) is 11.9. The molecule has 0 fully saturated rings. The molecule has 1 aromatic heterocycles. The van der Waals surface area contributed by atoms with E-state index >= 15 is 0 Å². The highest BCUT2D eigenvalue weighted by atomic mass is 16.5. The molecule has 0 unspecified atom stereocenters. The normalized spacial score (nSPS) is 10.3. The topological polar surface area (TPSA) is 73.1 Å². The van der Waals surface area contributed by atoms with Crippen molar-refractivity contribution in [3.05, 3.63) is 42.0 Å². The number of hydrogen-bond donors (Lipinski definition) is 2. The van der Waals surface area contributed by atoms with Crippen LogP contribution in [0.3, 0.4) is 0 Å². The summed E-state index contributed by atoms with van der Waals surface area (Å²) in [6.07, 6.45) is 2.73. The lowest BCUT2D eigenvalue weighted by molar-refractivity contribution is 0.318. The number of hydrogen-bond acceptors (Lipinski definition) is 5. The summed E-state index contributed by atoms with van der Waals surface area (Å²) >= 11 is 0. The Kier molecular flexibility index (Phi) is 4.76. The first kappa shape index (κ1) is 14.1. The van der Waals surface area contributed by atoms with Crippen LogP contribution in [0.15, 0.2) is 30.5 Å². The molecular formula is C15H20N4O. The first-order valence-corrected chi connectivity index (χ1v) is 6.73. The molecule has 106 valence electrons. The highest BCUT2D eigenvalue weighted by Crippen LogP contribution is 2.23. The van der Waals surface area contributed by atoms with Crippen molar-refractivity contribution in [3.8, 4) is 5.75 Å². The van der Waals surface area contributed by atoms with Gasteiger partial charge in [0.1, 0.15) is 11.6 Å². The van der Waals surface area contributed by atoms with Gasteiger partial charge in [0.05, 0.1) is 18.8 Å². The molecule has 5 heteroatoms. The quantitative estimate of drug-likeness (QED) is 0.791. The molecule has 0 saturated carbocycles. The van der Waals surface area contributed by atoms with Gasteiger partial charge in [-0.1, -0.05) is 6.92 Å². The first-order chi connectivity index (χ1) is 9.67. The molecule has 0 aliphatic heterocycles. The fourth-order valence-electron chi connectivity index (χ4n) is 1.82. The summed E-state index contributed by atoms with van der Waals surface area (Å²) in [4.78, 5) is 8.42. The second kappa shape index (κ2) is 6.75. The van der Waals surface area contributed by atoms with Crippen LogP contribution in [0.2, 0.25) is 0 Å². The van der Waals surface area contributed by atoms with E-state index in [1.54, 1.807) is 6.20 Å². The molecule has 2 rings (SSSR count). The predicted molar refractivity (Wildman–Crippen MR) is 80.7 cm³/mol. The molecule has 20 heavy (non-hydrogen) atoms. The predicted octanol–water partition coefficient (Wildman–Crippen LogP) is 2.77. The molecule has 2 aromatic rings. The number of rotatable bonds is 6.